The number of rotatable bonds is 4. The highest BCUT2D eigenvalue weighted by Gasteiger charge is 2.09. The lowest BCUT2D eigenvalue weighted by Gasteiger charge is -2.11. The van der Waals surface area contributed by atoms with Crippen LogP contribution in [0.5, 0.6) is 0 Å². The van der Waals surface area contributed by atoms with Crippen molar-refractivity contribution < 1.29 is 9.21 Å². The fourth-order valence-corrected chi connectivity index (χ4v) is 2.64. The molecule has 0 aliphatic heterocycles. The molecule has 0 saturated heterocycles. The summed E-state index contributed by atoms with van der Waals surface area (Å²) in [5.41, 5.74) is 1.87. The summed E-state index contributed by atoms with van der Waals surface area (Å²) in [6.07, 6.45) is 1.70. The molecule has 1 heterocycles. The van der Waals surface area contributed by atoms with Crippen LogP contribution in [-0.4, -0.2) is 24.9 Å². The number of nitrogens with zero attached hydrogens (tertiary/aromatic N) is 1. The largest absolute Gasteiger partial charge is 0.468 e. The smallest absolute Gasteiger partial charge is 0.253 e. The molecular weight excluding hydrogens is 258 g/mol. The molecule has 100 valence electrons. The summed E-state index contributed by atoms with van der Waals surface area (Å²) in [6.45, 7) is 1.95. The number of carbonyl (C=O) groups excluding carboxylic acids is 1. The van der Waals surface area contributed by atoms with Crippen LogP contribution >= 0.6 is 11.8 Å². The van der Waals surface area contributed by atoms with Crippen LogP contribution in [0.2, 0.25) is 0 Å². The number of aryl methyl sites for hydroxylation is 1. The minimum Gasteiger partial charge on any atom is -0.468 e. The molecule has 0 saturated carbocycles. The van der Waals surface area contributed by atoms with E-state index in [1.165, 1.54) is 0 Å². The third kappa shape index (κ3) is 3.41. The lowest BCUT2D eigenvalue weighted by molar-refractivity contribution is 0.0827. The fraction of sp³-hybridized carbons (Fsp3) is 0.267. The Kier molecular flexibility index (Phi) is 4.32. The first-order valence-corrected chi connectivity index (χ1v) is 7.04. The van der Waals surface area contributed by atoms with Gasteiger partial charge in [0.05, 0.1) is 6.26 Å². The van der Waals surface area contributed by atoms with E-state index < -0.39 is 0 Å². The summed E-state index contributed by atoms with van der Waals surface area (Å²) in [5, 5.41) is 0. The van der Waals surface area contributed by atoms with E-state index in [1.54, 1.807) is 37.0 Å². The molecule has 3 nitrogen and oxygen atoms in total. The van der Waals surface area contributed by atoms with E-state index in [4.69, 9.17) is 4.42 Å². The molecule has 0 spiro atoms. The zero-order chi connectivity index (χ0) is 13.8. The Labute approximate surface area is 117 Å². The van der Waals surface area contributed by atoms with Crippen LogP contribution in [0.25, 0.3) is 0 Å². The number of thioether (sulfide) groups is 1. The molecule has 0 bridgehead atoms. The maximum Gasteiger partial charge on any atom is 0.253 e. The van der Waals surface area contributed by atoms with Crippen molar-refractivity contribution in [1.29, 1.82) is 0 Å². The average molecular weight is 275 g/mol. The molecule has 0 atom stereocenters. The van der Waals surface area contributed by atoms with Crippen molar-refractivity contribution in [2.24, 2.45) is 0 Å². The van der Waals surface area contributed by atoms with E-state index in [9.17, 15) is 4.79 Å². The van der Waals surface area contributed by atoms with Gasteiger partial charge in [0, 0.05) is 30.3 Å². The van der Waals surface area contributed by atoms with Crippen molar-refractivity contribution in [2.75, 3.05) is 14.1 Å². The van der Waals surface area contributed by atoms with Crippen molar-refractivity contribution in [1.82, 2.24) is 4.90 Å². The molecule has 1 aromatic heterocycles. The van der Waals surface area contributed by atoms with Crippen molar-refractivity contribution in [3.05, 3.63) is 53.5 Å². The Balaban J connectivity index is 2.07. The van der Waals surface area contributed by atoms with Gasteiger partial charge in [0.15, 0.2) is 0 Å². The highest BCUT2D eigenvalue weighted by Crippen LogP contribution is 2.26. The van der Waals surface area contributed by atoms with Gasteiger partial charge < -0.3 is 9.32 Å². The molecule has 0 aliphatic carbocycles. The number of furan rings is 1. The van der Waals surface area contributed by atoms with Gasteiger partial charge in [-0.2, -0.15) is 0 Å². The average Bonchev–Trinajstić information content (AvgIpc) is 2.81. The van der Waals surface area contributed by atoms with Gasteiger partial charge in [0.25, 0.3) is 5.91 Å². The summed E-state index contributed by atoms with van der Waals surface area (Å²) >= 11 is 1.72. The molecular formula is C15H17NO2S. The zero-order valence-electron chi connectivity index (χ0n) is 11.3. The van der Waals surface area contributed by atoms with Gasteiger partial charge in [-0.25, -0.2) is 0 Å². The van der Waals surface area contributed by atoms with Crippen LogP contribution in [0, 0.1) is 6.92 Å². The molecule has 2 aromatic rings. The molecule has 0 aliphatic rings. The minimum absolute atomic E-state index is 0.0336. The first kappa shape index (κ1) is 13.7. The maximum atomic E-state index is 11.9. The molecule has 1 aromatic carbocycles. The Morgan fingerprint density at radius 3 is 2.74 bits per heavy atom. The van der Waals surface area contributed by atoms with E-state index in [-0.39, 0.29) is 5.91 Å². The lowest BCUT2D eigenvalue weighted by atomic mass is 10.1. The van der Waals surface area contributed by atoms with Crippen LogP contribution in [0.15, 0.2) is 45.9 Å². The molecule has 1 amide bonds. The van der Waals surface area contributed by atoms with Gasteiger partial charge in [0.2, 0.25) is 0 Å². The van der Waals surface area contributed by atoms with Crippen molar-refractivity contribution >= 4 is 17.7 Å². The highest BCUT2D eigenvalue weighted by molar-refractivity contribution is 7.98. The zero-order valence-corrected chi connectivity index (χ0v) is 12.2. The summed E-state index contributed by atoms with van der Waals surface area (Å²) in [6, 6.07) is 9.73. The summed E-state index contributed by atoms with van der Waals surface area (Å²) in [4.78, 5) is 14.6. The van der Waals surface area contributed by atoms with Gasteiger partial charge >= 0.3 is 0 Å². The van der Waals surface area contributed by atoms with Crippen LogP contribution in [-0.2, 0) is 5.75 Å². The Hall–Kier alpha value is -1.68. The number of hydrogen-bond acceptors (Lipinski definition) is 3. The van der Waals surface area contributed by atoms with Gasteiger partial charge in [-0.3, -0.25) is 4.79 Å². The first-order valence-electron chi connectivity index (χ1n) is 6.05. The second-order valence-corrected chi connectivity index (χ2v) is 5.55. The SMILES string of the molecule is Cc1occc1SCc1cccc(C(=O)N(C)C)c1. The molecule has 2 rings (SSSR count). The van der Waals surface area contributed by atoms with E-state index in [0.29, 0.717) is 0 Å². The Morgan fingerprint density at radius 2 is 2.11 bits per heavy atom. The Bertz CT molecular complexity index is 575. The second kappa shape index (κ2) is 5.97. The third-order valence-electron chi connectivity index (χ3n) is 2.79. The lowest BCUT2D eigenvalue weighted by Crippen LogP contribution is -2.21. The highest BCUT2D eigenvalue weighted by atomic mass is 32.2. The van der Waals surface area contributed by atoms with Crippen LogP contribution in [0.3, 0.4) is 0 Å². The normalized spacial score (nSPS) is 10.5. The van der Waals surface area contributed by atoms with Gasteiger partial charge in [-0.05, 0) is 30.7 Å². The van der Waals surface area contributed by atoms with Crippen LogP contribution in [0.1, 0.15) is 21.7 Å². The molecule has 0 fully saturated rings. The third-order valence-corrected chi connectivity index (χ3v) is 4.00. The Morgan fingerprint density at radius 1 is 1.32 bits per heavy atom. The first-order chi connectivity index (χ1) is 9.08. The van der Waals surface area contributed by atoms with Crippen molar-refractivity contribution in [3.63, 3.8) is 0 Å². The van der Waals surface area contributed by atoms with E-state index >= 15 is 0 Å². The number of carbonyl (C=O) groups is 1. The fourth-order valence-electron chi connectivity index (χ4n) is 1.74. The molecule has 0 N–H and O–H groups in total. The van der Waals surface area contributed by atoms with Crippen LogP contribution in [0.4, 0.5) is 0 Å². The standard InChI is InChI=1S/C15H17NO2S/c1-11-14(7-8-18-11)19-10-12-5-4-6-13(9-12)15(17)16(2)3/h4-9H,10H2,1-3H3. The summed E-state index contributed by atoms with van der Waals surface area (Å²) in [7, 11) is 3.52. The van der Waals surface area contributed by atoms with Gasteiger partial charge in [-0.1, -0.05) is 12.1 Å². The number of hydrogen-bond donors (Lipinski definition) is 0. The maximum absolute atomic E-state index is 11.9. The van der Waals surface area contributed by atoms with E-state index in [0.717, 1.165) is 27.5 Å². The molecule has 4 heteroatoms. The van der Waals surface area contributed by atoms with Crippen molar-refractivity contribution in [2.45, 2.75) is 17.6 Å². The molecule has 0 radical (unpaired) electrons. The summed E-state index contributed by atoms with van der Waals surface area (Å²) < 4.78 is 5.26. The quantitative estimate of drug-likeness (QED) is 0.800. The number of benzene rings is 1. The van der Waals surface area contributed by atoms with Gasteiger partial charge in [-0.15, -0.1) is 11.8 Å². The van der Waals surface area contributed by atoms with Crippen LogP contribution < -0.4 is 0 Å². The monoisotopic (exact) mass is 275 g/mol. The second-order valence-electron chi connectivity index (χ2n) is 4.53. The predicted molar refractivity (Wildman–Crippen MR) is 77.5 cm³/mol. The van der Waals surface area contributed by atoms with Crippen molar-refractivity contribution in [3.8, 4) is 0 Å². The van der Waals surface area contributed by atoms with E-state index in [1.807, 2.05) is 37.3 Å². The van der Waals surface area contributed by atoms with Gasteiger partial charge in [0.1, 0.15) is 5.76 Å². The molecule has 0 unspecified atom stereocenters. The van der Waals surface area contributed by atoms with E-state index in [2.05, 4.69) is 0 Å². The summed E-state index contributed by atoms with van der Waals surface area (Å²) in [5.74, 6) is 1.80. The minimum atomic E-state index is 0.0336. The topological polar surface area (TPSA) is 33.5 Å². The molecule has 19 heavy (non-hydrogen) atoms. The number of amides is 1. The predicted octanol–water partition coefficient (Wildman–Crippen LogP) is 3.58.